The average Bonchev–Trinajstić information content (AvgIpc) is 2.37. The number of piperidine rings is 3. The lowest BCUT2D eigenvalue weighted by Gasteiger charge is -2.49. The first-order valence-corrected chi connectivity index (χ1v) is 7.27. The first-order valence-electron chi connectivity index (χ1n) is 6.51. The number of fused-ring (bicyclic) bond motifs is 3. The minimum atomic E-state index is -0.209. The fourth-order valence-corrected chi connectivity index (χ4v) is 3.77. The Labute approximate surface area is 117 Å². The second-order valence-electron chi connectivity index (χ2n) is 5.37. The van der Waals surface area contributed by atoms with Gasteiger partial charge in [0.15, 0.2) is 0 Å². The van der Waals surface area contributed by atoms with E-state index in [-0.39, 0.29) is 12.1 Å². The molecular formula is C14H17Cl2NO. The van der Waals surface area contributed by atoms with Gasteiger partial charge in [-0.25, -0.2) is 0 Å². The van der Waals surface area contributed by atoms with Crippen LogP contribution >= 0.6 is 23.2 Å². The van der Waals surface area contributed by atoms with E-state index in [0.717, 1.165) is 37.9 Å². The van der Waals surface area contributed by atoms with E-state index in [9.17, 15) is 5.11 Å². The van der Waals surface area contributed by atoms with E-state index in [0.29, 0.717) is 16.0 Å². The molecule has 3 saturated heterocycles. The Balaban J connectivity index is 1.79. The van der Waals surface area contributed by atoms with Gasteiger partial charge in [-0.3, -0.25) is 4.90 Å². The quantitative estimate of drug-likeness (QED) is 0.903. The zero-order chi connectivity index (χ0) is 12.7. The highest BCUT2D eigenvalue weighted by atomic mass is 35.5. The SMILES string of the molecule is OC1C2CCN(CC2)C1Cc1ccc(Cl)cc1Cl. The molecule has 0 amide bonds. The molecule has 0 spiro atoms. The summed E-state index contributed by atoms with van der Waals surface area (Å²) in [6.45, 7) is 2.22. The normalized spacial score (nSPS) is 34.8. The number of hydrogen-bond donors (Lipinski definition) is 1. The minimum absolute atomic E-state index is 0.209. The van der Waals surface area contributed by atoms with Crippen molar-refractivity contribution in [2.24, 2.45) is 5.92 Å². The summed E-state index contributed by atoms with van der Waals surface area (Å²) in [6, 6.07) is 5.84. The number of rotatable bonds is 2. The van der Waals surface area contributed by atoms with Crippen LogP contribution in [0.25, 0.3) is 0 Å². The number of aliphatic hydroxyl groups is 1. The van der Waals surface area contributed by atoms with Gasteiger partial charge in [0.05, 0.1) is 6.10 Å². The number of aliphatic hydroxyl groups excluding tert-OH is 1. The van der Waals surface area contributed by atoms with Crippen molar-refractivity contribution in [3.05, 3.63) is 33.8 Å². The summed E-state index contributed by atoms with van der Waals surface area (Å²) in [4.78, 5) is 2.40. The van der Waals surface area contributed by atoms with Crippen LogP contribution in [-0.4, -0.2) is 35.2 Å². The molecule has 2 atom stereocenters. The Morgan fingerprint density at radius 1 is 1.22 bits per heavy atom. The summed E-state index contributed by atoms with van der Waals surface area (Å²) in [5, 5.41) is 11.7. The molecule has 0 saturated carbocycles. The van der Waals surface area contributed by atoms with Gasteiger partial charge in [0, 0.05) is 16.1 Å². The minimum Gasteiger partial charge on any atom is -0.391 e. The third-order valence-corrected chi connectivity index (χ3v) is 4.95. The third kappa shape index (κ3) is 2.27. The second-order valence-corrected chi connectivity index (χ2v) is 6.21. The molecule has 3 aliphatic rings. The molecule has 4 rings (SSSR count). The highest BCUT2D eigenvalue weighted by Gasteiger charge is 2.41. The summed E-state index contributed by atoms with van der Waals surface area (Å²) in [6.07, 6.45) is 2.87. The molecule has 3 heterocycles. The van der Waals surface area contributed by atoms with Gasteiger partial charge in [0.25, 0.3) is 0 Å². The van der Waals surface area contributed by atoms with Gasteiger partial charge in [-0.2, -0.15) is 0 Å². The van der Waals surface area contributed by atoms with Gasteiger partial charge in [-0.15, -0.1) is 0 Å². The standard InChI is InChI=1S/C14H17Cl2NO/c15-11-2-1-10(12(16)8-11)7-13-14(18)9-3-5-17(13)6-4-9/h1-2,8-9,13-14,18H,3-7H2. The number of hydrogen-bond acceptors (Lipinski definition) is 2. The summed E-state index contributed by atoms with van der Waals surface area (Å²) in [5.74, 6) is 0.478. The molecule has 4 heteroatoms. The molecule has 2 nitrogen and oxygen atoms in total. The Bertz CT molecular complexity index is 441. The Morgan fingerprint density at radius 3 is 2.56 bits per heavy atom. The van der Waals surface area contributed by atoms with Gasteiger partial charge in [0.1, 0.15) is 0 Å². The van der Waals surface area contributed by atoms with E-state index in [1.165, 1.54) is 0 Å². The lowest BCUT2D eigenvalue weighted by atomic mass is 9.78. The van der Waals surface area contributed by atoms with E-state index in [2.05, 4.69) is 4.90 Å². The molecule has 1 aromatic rings. The molecule has 0 aliphatic carbocycles. The average molecular weight is 286 g/mol. The molecule has 0 radical (unpaired) electrons. The lowest BCUT2D eigenvalue weighted by molar-refractivity contribution is -0.0715. The fourth-order valence-electron chi connectivity index (χ4n) is 3.29. The van der Waals surface area contributed by atoms with Crippen LogP contribution in [0.3, 0.4) is 0 Å². The molecule has 98 valence electrons. The van der Waals surface area contributed by atoms with Crippen molar-refractivity contribution < 1.29 is 5.11 Å². The fraction of sp³-hybridized carbons (Fsp3) is 0.571. The van der Waals surface area contributed by atoms with Crippen molar-refractivity contribution in [2.75, 3.05) is 13.1 Å². The maximum Gasteiger partial charge on any atom is 0.0727 e. The largest absolute Gasteiger partial charge is 0.391 e. The Kier molecular flexibility index (Phi) is 3.55. The van der Waals surface area contributed by atoms with Crippen LogP contribution in [0.15, 0.2) is 18.2 Å². The van der Waals surface area contributed by atoms with Gasteiger partial charge in [-0.1, -0.05) is 29.3 Å². The molecule has 1 N–H and O–H groups in total. The Morgan fingerprint density at radius 2 is 1.94 bits per heavy atom. The predicted molar refractivity (Wildman–Crippen MR) is 74.3 cm³/mol. The maximum absolute atomic E-state index is 10.4. The second kappa shape index (κ2) is 5.01. The number of halogens is 2. The van der Waals surface area contributed by atoms with Crippen LogP contribution in [0.5, 0.6) is 0 Å². The van der Waals surface area contributed by atoms with Crippen molar-refractivity contribution in [1.82, 2.24) is 4.90 Å². The predicted octanol–water partition coefficient (Wildman–Crippen LogP) is 2.99. The van der Waals surface area contributed by atoms with Gasteiger partial charge >= 0.3 is 0 Å². The van der Waals surface area contributed by atoms with Crippen LogP contribution < -0.4 is 0 Å². The van der Waals surface area contributed by atoms with Crippen LogP contribution in [0, 0.1) is 5.92 Å². The van der Waals surface area contributed by atoms with Gasteiger partial charge in [0.2, 0.25) is 0 Å². The van der Waals surface area contributed by atoms with Crippen molar-refractivity contribution in [1.29, 1.82) is 0 Å². The smallest absolute Gasteiger partial charge is 0.0727 e. The molecule has 1 aromatic carbocycles. The highest BCUT2D eigenvalue weighted by molar-refractivity contribution is 6.35. The molecule has 3 aliphatic heterocycles. The first kappa shape index (κ1) is 12.7. The number of benzene rings is 1. The van der Waals surface area contributed by atoms with E-state index < -0.39 is 0 Å². The summed E-state index contributed by atoms with van der Waals surface area (Å²) in [7, 11) is 0. The monoisotopic (exact) mass is 285 g/mol. The molecule has 0 aromatic heterocycles. The van der Waals surface area contributed by atoms with E-state index in [4.69, 9.17) is 23.2 Å². The molecular weight excluding hydrogens is 269 g/mol. The van der Waals surface area contributed by atoms with Crippen molar-refractivity contribution in [3.63, 3.8) is 0 Å². The lowest BCUT2D eigenvalue weighted by Crippen LogP contribution is -2.58. The summed E-state index contributed by atoms with van der Waals surface area (Å²) >= 11 is 12.1. The third-order valence-electron chi connectivity index (χ3n) is 4.36. The topological polar surface area (TPSA) is 23.5 Å². The van der Waals surface area contributed by atoms with E-state index >= 15 is 0 Å². The van der Waals surface area contributed by atoms with E-state index in [1.54, 1.807) is 6.07 Å². The highest BCUT2D eigenvalue weighted by Crippen LogP contribution is 2.35. The zero-order valence-electron chi connectivity index (χ0n) is 10.1. The maximum atomic E-state index is 10.4. The first-order chi connectivity index (χ1) is 8.65. The molecule has 2 unspecified atom stereocenters. The molecule has 3 fully saturated rings. The van der Waals surface area contributed by atoms with Crippen LogP contribution in [0.4, 0.5) is 0 Å². The zero-order valence-corrected chi connectivity index (χ0v) is 11.7. The Hall–Kier alpha value is -0.280. The van der Waals surface area contributed by atoms with E-state index in [1.807, 2.05) is 12.1 Å². The molecule has 2 bridgehead atoms. The van der Waals surface area contributed by atoms with Gasteiger partial charge < -0.3 is 5.11 Å². The van der Waals surface area contributed by atoms with Crippen molar-refractivity contribution >= 4 is 23.2 Å². The van der Waals surface area contributed by atoms with Crippen LogP contribution in [0.2, 0.25) is 10.0 Å². The number of nitrogens with zero attached hydrogens (tertiary/aromatic N) is 1. The summed E-state index contributed by atoms with van der Waals surface area (Å²) in [5.41, 5.74) is 1.08. The van der Waals surface area contributed by atoms with Gasteiger partial charge in [-0.05, 0) is 56.0 Å². The van der Waals surface area contributed by atoms with Crippen molar-refractivity contribution in [2.45, 2.75) is 31.4 Å². The molecule has 18 heavy (non-hydrogen) atoms. The van der Waals surface area contributed by atoms with Crippen LogP contribution in [0.1, 0.15) is 18.4 Å². The summed E-state index contributed by atoms with van der Waals surface area (Å²) < 4.78 is 0. The van der Waals surface area contributed by atoms with Crippen LogP contribution in [-0.2, 0) is 6.42 Å². The van der Waals surface area contributed by atoms with Crippen molar-refractivity contribution in [3.8, 4) is 0 Å².